The van der Waals surface area contributed by atoms with Gasteiger partial charge in [0.05, 0.1) is 37.4 Å². The van der Waals surface area contributed by atoms with Gasteiger partial charge in [-0.1, -0.05) is 0 Å². The van der Waals surface area contributed by atoms with Gasteiger partial charge in [-0.05, 0) is 46.1 Å². The summed E-state index contributed by atoms with van der Waals surface area (Å²) in [6.45, 7) is 6.42. The van der Waals surface area contributed by atoms with Crippen molar-refractivity contribution in [3.8, 4) is 11.3 Å². The molecule has 2 atom stereocenters. The average molecular weight is 471 g/mol. The highest BCUT2D eigenvalue weighted by Gasteiger charge is 2.36. The number of hydrogen-bond acceptors (Lipinski definition) is 8. The monoisotopic (exact) mass is 470 g/mol. The summed E-state index contributed by atoms with van der Waals surface area (Å²) in [6, 6.07) is 1.55. The molecule has 1 aliphatic heterocycles. The standard InChI is InChI=1S/C24H30N4O6/c1-5-31-23(29)22-21(28(24(30)32-6-2)17-8-7-9-33-15(3)10-17)18-11-19(25-13-20(18)34-22)16-12-26-27(4)14-16/h11-15,17H,5-10H2,1-4H3/t15-,17?/m0/s1. The minimum Gasteiger partial charge on any atom is -0.460 e. The number of esters is 1. The second-order valence-electron chi connectivity index (χ2n) is 8.25. The van der Waals surface area contributed by atoms with E-state index in [-0.39, 0.29) is 31.1 Å². The van der Waals surface area contributed by atoms with Gasteiger partial charge in [0.1, 0.15) is 5.69 Å². The van der Waals surface area contributed by atoms with Crippen LogP contribution in [0.3, 0.4) is 0 Å². The molecule has 10 heteroatoms. The minimum atomic E-state index is -0.649. The first kappa shape index (κ1) is 23.7. The summed E-state index contributed by atoms with van der Waals surface area (Å²) in [4.78, 5) is 32.3. The van der Waals surface area contributed by atoms with Gasteiger partial charge in [-0.25, -0.2) is 9.59 Å². The highest BCUT2D eigenvalue weighted by Crippen LogP contribution is 2.39. The maximum Gasteiger partial charge on any atom is 0.414 e. The van der Waals surface area contributed by atoms with Gasteiger partial charge < -0.3 is 18.6 Å². The first-order valence-corrected chi connectivity index (χ1v) is 11.6. The van der Waals surface area contributed by atoms with Crippen molar-refractivity contribution < 1.29 is 28.2 Å². The molecule has 1 unspecified atom stereocenters. The van der Waals surface area contributed by atoms with E-state index < -0.39 is 12.1 Å². The Morgan fingerprint density at radius 3 is 2.74 bits per heavy atom. The Hall–Kier alpha value is -3.40. The number of anilines is 1. The van der Waals surface area contributed by atoms with Crippen LogP contribution in [0.1, 0.15) is 50.6 Å². The minimum absolute atomic E-state index is 0.0483. The van der Waals surface area contributed by atoms with E-state index in [1.165, 1.54) is 0 Å². The molecule has 10 nitrogen and oxygen atoms in total. The van der Waals surface area contributed by atoms with Crippen molar-refractivity contribution in [1.29, 1.82) is 0 Å². The zero-order valence-electron chi connectivity index (χ0n) is 19.9. The van der Waals surface area contributed by atoms with E-state index in [1.807, 2.05) is 20.2 Å². The molecule has 34 heavy (non-hydrogen) atoms. The Morgan fingerprint density at radius 1 is 1.24 bits per heavy atom. The van der Waals surface area contributed by atoms with Gasteiger partial charge in [0.15, 0.2) is 5.58 Å². The van der Waals surface area contributed by atoms with E-state index in [4.69, 9.17) is 18.6 Å². The molecule has 0 aliphatic carbocycles. The molecule has 4 heterocycles. The SMILES string of the molecule is CCOC(=O)c1oc2cnc(-c3cnn(C)c3)cc2c1N(C(=O)OCC)C1CCCO[C@@H](C)C1. The van der Waals surface area contributed by atoms with Crippen LogP contribution < -0.4 is 4.90 Å². The predicted molar refractivity (Wildman–Crippen MR) is 125 cm³/mol. The van der Waals surface area contributed by atoms with E-state index in [0.29, 0.717) is 41.8 Å². The van der Waals surface area contributed by atoms with Crippen LogP contribution in [-0.4, -0.2) is 58.8 Å². The molecule has 1 aliphatic rings. The van der Waals surface area contributed by atoms with Gasteiger partial charge in [0, 0.05) is 36.8 Å². The number of furan rings is 1. The molecular formula is C24H30N4O6. The number of rotatable bonds is 6. The van der Waals surface area contributed by atoms with E-state index in [1.54, 1.807) is 41.9 Å². The van der Waals surface area contributed by atoms with E-state index in [9.17, 15) is 9.59 Å². The van der Waals surface area contributed by atoms with Crippen LogP contribution in [-0.2, 0) is 21.3 Å². The van der Waals surface area contributed by atoms with Crippen LogP contribution in [0.2, 0.25) is 0 Å². The Bertz CT molecular complexity index is 1170. The summed E-state index contributed by atoms with van der Waals surface area (Å²) in [5.41, 5.74) is 2.14. The van der Waals surface area contributed by atoms with Gasteiger partial charge in [0.25, 0.3) is 0 Å². The van der Waals surface area contributed by atoms with Crippen molar-refractivity contribution in [2.24, 2.45) is 7.05 Å². The number of ether oxygens (including phenoxy) is 3. The van der Waals surface area contributed by atoms with Crippen LogP contribution in [0.25, 0.3) is 22.2 Å². The molecule has 182 valence electrons. The van der Waals surface area contributed by atoms with Gasteiger partial charge in [-0.3, -0.25) is 14.6 Å². The van der Waals surface area contributed by atoms with Crippen molar-refractivity contribution in [3.63, 3.8) is 0 Å². The number of carbonyl (C=O) groups excluding carboxylic acids is 2. The Morgan fingerprint density at radius 2 is 2.03 bits per heavy atom. The molecule has 0 saturated carbocycles. The fraction of sp³-hybridized carbons (Fsp3) is 0.500. The van der Waals surface area contributed by atoms with Crippen molar-refractivity contribution in [2.75, 3.05) is 24.7 Å². The lowest BCUT2D eigenvalue weighted by Crippen LogP contribution is -2.42. The molecule has 0 bridgehead atoms. The van der Waals surface area contributed by atoms with Gasteiger partial charge in [-0.2, -0.15) is 5.10 Å². The molecule has 3 aromatic heterocycles. The number of fused-ring (bicyclic) bond motifs is 1. The first-order valence-electron chi connectivity index (χ1n) is 11.6. The van der Waals surface area contributed by atoms with Crippen LogP contribution in [0, 0.1) is 0 Å². The number of carbonyl (C=O) groups is 2. The van der Waals surface area contributed by atoms with Crippen LogP contribution in [0.4, 0.5) is 10.5 Å². The third-order valence-corrected chi connectivity index (χ3v) is 5.77. The van der Waals surface area contributed by atoms with Gasteiger partial charge in [-0.15, -0.1) is 0 Å². The molecule has 0 radical (unpaired) electrons. The average Bonchev–Trinajstić information content (AvgIpc) is 3.33. The fourth-order valence-electron chi connectivity index (χ4n) is 4.30. The van der Waals surface area contributed by atoms with Crippen molar-refractivity contribution >= 4 is 28.7 Å². The molecule has 1 amide bonds. The van der Waals surface area contributed by atoms with E-state index in [2.05, 4.69) is 10.1 Å². The smallest absolute Gasteiger partial charge is 0.414 e. The molecule has 0 spiro atoms. The number of amides is 1. The summed E-state index contributed by atoms with van der Waals surface area (Å²) >= 11 is 0. The van der Waals surface area contributed by atoms with Gasteiger partial charge in [0.2, 0.25) is 5.76 Å². The van der Waals surface area contributed by atoms with Gasteiger partial charge >= 0.3 is 12.1 Å². The Kier molecular flexibility index (Phi) is 7.16. The summed E-state index contributed by atoms with van der Waals surface area (Å²) < 4.78 is 24.1. The highest BCUT2D eigenvalue weighted by molar-refractivity contribution is 6.10. The lowest BCUT2D eigenvalue weighted by molar-refractivity contribution is 0.0493. The Balaban J connectivity index is 1.92. The second kappa shape index (κ2) is 10.3. The van der Waals surface area contributed by atoms with Crippen molar-refractivity contribution in [3.05, 3.63) is 30.4 Å². The maximum atomic E-state index is 13.3. The number of aryl methyl sites for hydroxylation is 1. The molecule has 3 aromatic rings. The lowest BCUT2D eigenvalue weighted by atomic mass is 10.0. The molecule has 4 rings (SSSR count). The number of hydrogen-bond donors (Lipinski definition) is 0. The lowest BCUT2D eigenvalue weighted by Gasteiger charge is -2.30. The summed E-state index contributed by atoms with van der Waals surface area (Å²) in [5, 5.41) is 4.79. The predicted octanol–water partition coefficient (Wildman–Crippen LogP) is 4.33. The number of pyridine rings is 1. The topological polar surface area (TPSA) is 109 Å². The van der Waals surface area contributed by atoms with Crippen molar-refractivity contribution in [2.45, 2.75) is 52.2 Å². The summed E-state index contributed by atoms with van der Waals surface area (Å²) in [5.74, 6) is -0.697. The van der Waals surface area contributed by atoms with Crippen LogP contribution >= 0.6 is 0 Å². The fourth-order valence-corrected chi connectivity index (χ4v) is 4.30. The highest BCUT2D eigenvalue weighted by atomic mass is 16.6. The van der Waals surface area contributed by atoms with E-state index >= 15 is 0 Å². The molecule has 1 saturated heterocycles. The van der Waals surface area contributed by atoms with Crippen LogP contribution in [0.15, 0.2) is 29.1 Å². The first-order chi connectivity index (χ1) is 16.4. The largest absolute Gasteiger partial charge is 0.460 e. The van der Waals surface area contributed by atoms with E-state index in [0.717, 1.165) is 12.0 Å². The second-order valence-corrected chi connectivity index (χ2v) is 8.25. The zero-order chi connectivity index (χ0) is 24.2. The molecule has 0 aromatic carbocycles. The third kappa shape index (κ3) is 4.77. The number of nitrogens with zero attached hydrogens (tertiary/aromatic N) is 4. The molecule has 1 fully saturated rings. The van der Waals surface area contributed by atoms with Crippen LogP contribution in [0.5, 0.6) is 0 Å². The Labute approximate surface area is 197 Å². The zero-order valence-corrected chi connectivity index (χ0v) is 19.9. The quantitative estimate of drug-likeness (QED) is 0.490. The maximum absolute atomic E-state index is 13.3. The molecular weight excluding hydrogens is 440 g/mol. The molecule has 0 N–H and O–H groups in total. The van der Waals surface area contributed by atoms with Crippen molar-refractivity contribution in [1.82, 2.24) is 14.8 Å². The normalized spacial score (nSPS) is 18.5. The number of aromatic nitrogens is 3. The summed E-state index contributed by atoms with van der Waals surface area (Å²) in [7, 11) is 1.82. The summed E-state index contributed by atoms with van der Waals surface area (Å²) in [6.07, 6.45) is 6.55. The third-order valence-electron chi connectivity index (χ3n) is 5.77.